The fraction of sp³-hybridized carbons (Fsp3) is 0.600. The fourth-order valence-corrected chi connectivity index (χ4v) is 3.01. The molecule has 2 unspecified atom stereocenters. The number of nitrogens with two attached hydrogens (primary N) is 1. The lowest BCUT2D eigenvalue weighted by Gasteiger charge is -2.39. The van der Waals surface area contributed by atoms with Crippen molar-refractivity contribution in [2.24, 2.45) is 11.7 Å². The SMILES string of the molecule is COCc1ccc(C2C(CN)CCCN2C)cc1. The Morgan fingerprint density at radius 3 is 2.67 bits per heavy atom. The first-order valence-corrected chi connectivity index (χ1v) is 6.74. The van der Waals surface area contributed by atoms with Crippen LogP contribution in [0.3, 0.4) is 0 Å². The first-order valence-electron chi connectivity index (χ1n) is 6.74. The number of benzene rings is 1. The van der Waals surface area contributed by atoms with Crippen LogP contribution in [-0.4, -0.2) is 32.1 Å². The van der Waals surface area contributed by atoms with E-state index in [-0.39, 0.29) is 0 Å². The van der Waals surface area contributed by atoms with Gasteiger partial charge in [0.25, 0.3) is 0 Å². The topological polar surface area (TPSA) is 38.5 Å². The van der Waals surface area contributed by atoms with Crippen LogP contribution in [0.15, 0.2) is 24.3 Å². The third-order valence-corrected chi connectivity index (χ3v) is 3.94. The first kappa shape index (κ1) is 13.5. The summed E-state index contributed by atoms with van der Waals surface area (Å²) in [6, 6.07) is 9.25. The Labute approximate surface area is 110 Å². The van der Waals surface area contributed by atoms with Crippen molar-refractivity contribution in [2.45, 2.75) is 25.5 Å². The van der Waals surface area contributed by atoms with Gasteiger partial charge in [-0.1, -0.05) is 24.3 Å². The van der Waals surface area contributed by atoms with Gasteiger partial charge in [-0.2, -0.15) is 0 Å². The van der Waals surface area contributed by atoms with Gasteiger partial charge in [-0.3, -0.25) is 4.90 Å². The number of nitrogens with zero attached hydrogens (tertiary/aromatic N) is 1. The Bertz CT molecular complexity index is 363. The molecule has 0 radical (unpaired) electrons. The van der Waals surface area contributed by atoms with E-state index in [9.17, 15) is 0 Å². The summed E-state index contributed by atoms with van der Waals surface area (Å²) in [6.45, 7) is 2.62. The molecule has 1 aromatic rings. The lowest BCUT2D eigenvalue weighted by atomic mass is 9.85. The molecule has 1 fully saturated rings. The first-order chi connectivity index (χ1) is 8.76. The zero-order valence-corrected chi connectivity index (χ0v) is 11.4. The summed E-state index contributed by atoms with van der Waals surface area (Å²) in [4.78, 5) is 2.44. The Morgan fingerprint density at radius 1 is 1.33 bits per heavy atom. The van der Waals surface area contributed by atoms with Crippen molar-refractivity contribution >= 4 is 0 Å². The second-order valence-electron chi connectivity index (χ2n) is 5.24. The largest absolute Gasteiger partial charge is 0.380 e. The summed E-state index contributed by atoms with van der Waals surface area (Å²) in [5, 5.41) is 0. The summed E-state index contributed by atoms with van der Waals surface area (Å²) in [5.74, 6) is 0.581. The number of methoxy groups -OCH3 is 1. The third-order valence-electron chi connectivity index (χ3n) is 3.94. The third kappa shape index (κ3) is 2.91. The molecular formula is C15H24N2O. The molecule has 0 saturated carbocycles. The van der Waals surface area contributed by atoms with E-state index in [4.69, 9.17) is 10.5 Å². The molecule has 0 spiro atoms. The number of hydrogen-bond acceptors (Lipinski definition) is 3. The maximum absolute atomic E-state index is 5.92. The lowest BCUT2D eigenvalue weighted by molar-refractivity contribution is 0.125. The molecule has 1 heterocycles. The van der Waals surface area contributed by atoms with Crippen LogP contribution >= 0.6 is 0 Å². The minimum atomic E-state index is 0.473. The predicted octanol–water partition coefficient (Wildman–Crippen LogP) is 2.17. The van der Waals surface area contributed by atoms with Gasteiger partial charge < -0.3 is 10.5 Å². The van der Waals surface area contributed by atoms with E-state index in [1.807, 2.05) is 0 Å². The maximum Gasteiger partial charge on any atom is 0.0713 e. The molecule has 18 heavy (non-hydrogen) atoms. The van der Waals surface area contributed by atoms with Crippen LogP contribution in [0.1, 0.15) is 30.0 Å². The summed E-state index contributed by atoms with van der Waals surface area (Å²) < 4.78 is 5.15. The van der Waals surface area contributed by atoms with Gasteiger partial charge in [0, 0.05) is 13.2 Å². The van der Waals surface area contributed by atoms with E-state index in [1.54, 1.807) is 7.11 Å². The normalized spacial score (nSPS) is 25.3. The van der Waals surface area contributed by atoms with Crippen LogP contribution in [0, 0.1) is 5.92 Å². The molecule has 0 aromatic heterocycles. The van der Waals surface area contributed by atoms with Gasteiger partial charge in [0.15, 0.2) is 0 Å². The van der Waals surface area contributed by atoms with Gasteiger partial charge in [-0.15, -0.1) is 0 Å². The van der Waals surface area contributed by atoms with Crippen molar-refractivity contribution in [1.29, 1.82) is 0 Å². The molecule has 1 saturated heterocycles. The van der Waals surface area contributed by atoms with Gasteiger partial charge in [-0.25, -0.2) is 0 Å². The molecule has 3 heteroatoms. The summed E-state index contributed by atoms with van der Waals surface area (Å²) >= 11 is 0. The van der Waals surface area contributed by atoms with E-state index < -0.39 is 0 Å². The van der Waals surface area contributed by atoms with Crippen LogP contribution in [-0.2, 0) is 11.3 Å². The molecule has 0 bridgehead atoms. The van der Waals surface area contributed by atoms with Crippen LogP contribution in [0.25, 0.3) is 0 Å². The maximum atomic E-state index is 5.92. The second-order valence-corrected chi connectivity index (χ2v) is 5.24. The highest BCUT2D eigenvalue weighted by Gasteiger charge is 2.29. The van der Waals surface area contributed by atoms with Crippen molar-refractivity contribution in [3.63, 3.8) is 0 Å². The Kier molecular flexibility index (Phi) is 4.75. The van der Waals surface area contributed by atoms with Gasteiger partial charge in [0.1, 0.15) is 0 Å². The van der Waals surface area contributed by atoms with Crippen LogP contribution < -0.4 is 5.73 Å². The van der Waals surface area contributed by atoms with Crippen molar-refractivity contribution in [2.75, 3.05) is 27.2 Å². The van der Waals surface area contributed by atoms with Gasteiger partial charge in [0.05, 0.1) is 6.61 Å². The van der Waals surface area contributed by atoms with E-state index in [0.717, 1.165) is 6.54 Å². The Balaban J connectivity index is 2.16. The van der Waals surface area contributed by atoms with Gasteiger partial charge in [0.2, 0.25) is 0 Å². The summed E-state index contributed by atoms with van der Waals surface area (Å²) in [6.07, 6.45) is 2.50. The number of likely N-dealkylation sites (tertiary alicyclic amines) is 1. The molecule has 2 rings (SSSR count). The second kappa shape index (κ2) is 6.32. The fourth-order valence-electron chi connectivity index (χ4n) is 3.01. The average molecular weight is 248 g/mol. The molecule has 0 amide bonds. The minimum Gasteiger partial charge on any atom is -0.380 e. The average Bonchev–Trinajstić information content (AvgIpc) is 2.40. The molecule has 2 N–H and O–H groups in total. The molecule has 100 valence electrons. The molecule has 2 atom stereocenters. The highest BCUT2D eigenvalue weighted by Crippen LogP contribution is 2.34. The molecular weight excluding hydrogens is 224 g/mol. The Morgan fingerprint density at radius 2 is 2.06 bits per heavy atom. The zero-order chi connectivity index (χ0) is 13.0. The molecule has 1 aromatic carbocycles. The van der Waals surface area contributed by atoms with E-state index in [1.165, 1.54) is 30.5 Å². The number of rotatable bonds is 4. The summed E-state index contributed by atoms with van der Waals surface area (Å²) in [7, 11) is 3.93. The van der Waals surface area contributed by atoms with Gasteiger partial charge in [-0.05, 0) is 50.0 Å². The molecule has 1 aliphatic rings. The van der Waals surface area contributed by atoms with E-state index in [2.05, 4.69) is 36.2 Å². The van der Waals surface area contributed by atoms with Crippen LogP contribution in [0.4, 0.5) is 0 Å². The van der Waals surface area contributed by atoms with Crippen molar-refractivity contribution in [3.8, 4) is 0 Å². The van der Waals surface area contributed by atoms with Gasteiger partial charge >= 0.3 is 0 Å². The van der Waals surface area contributed by atoms with E-state index in [0.29, 0.717) is 18.6 Å². The smallest absolute Gasteiger partial charge is 0.0713 e. The molecule has 0 aliphatic carbocycles. The van der Waals surface area contributed by atoms with Crippen molar-refractivity contribution in [1.82, 2.24) is 4.90 Å². The summed E-state index contributed by atoms with van der Waals surface area (Å²) in [5.41, 5.74) is 8.53. The van der Waals surface area contributed by atoms with Crippen LogP contribution in [0.2, 0.25) is 0 Å². The van der Waals surface area contributed by atoms with Crippen molar-refractivity contribution < 1.29 is 4.74 Å². The molecule has 1 aliphatic heterocycles. The van der Waals surface area contributed by atoms with Crippen LogP contribution in [0.5, 0.6) is 0 Å². The standard InChI is InChI=1S/C15H24N2O/c1-17-9-3-4-14(10-16)15(17)13-7-5-12(6-8-13)11-18-2/h5-8,14-15H,3-4,9-11,16H2,1-2H3. The predicted molar refractivity (Wildman–Crippen MR) is 74.3 cm³/mol. The molecule has 3 nitrogen and oxygen atoms in total. The number of hydrogen-bond donors (Lipinski definition) is 1. The quantitative estimate of drug-likeness (QED) is 0.887. The monoisotopic (exact) mass is 248 g/mol. The number of ether oxygens (including phenoxy) is 1. The zero-order valence-electron chi connectivity index (χ0n) is 11.4. The number of piperidine rings is 1. The highest BCUT2D eigenvalue weighted by molar-refractivity contribution is 5.25. The van der Waals surface area contributed by atoms with E-state index >= 15 is 0 Å². The highest BCUT2D eigenvalue weighted by atomic mass is 16.5. The minimum absolute atomic E-state index is 0.473. The Hall–Kier alpha value is -0.900. The van der Waals surface area contributed by atoms with Crippen molar-refractivity contribution in [3.05, 3.63) is 35.4 Å². The lowest BCUT2D eigenvalue weighted by Crippen LogP contribution is -2.39.